The van der Waals surface area contributed by atoms with E-state index in [9.17, 15) is 5.11 Å². The van der Waals surface area contributed by atoms with Crippen molar-refractivity contribution in [3.8, 4) is 5.75 Å². The van der Waals surface area contributed by atoms with Crippen LogP contribution in [0, 0.1) is 0 Å². The number of hydrogen-bond donors (Lipinski definition) is 1. The highest BCUT2D eigenvalue weighted by molar-refractivity contribution is 7.98. The molecule has 3 rings (SSSR count). The average molecular weight is 300 g/mol. The minimum atomic E-state index is -0.588. The van der Waals surface area contributed by atoms with Crippen molar-refractivity contribution >= 4 is 11.8 Å². The summed E-state index contributed by atoms with van der Waals surface area (Å²) in [5.74, 6) is 0.939. The summed E-state index contributed by atoms with van der Waals surface area (Å²) in [5.41, 5.74) is 2.88. The van der Waals surface area contributed by atoms with Gasteiger partial charge in [0.1, 0.15) is 17.5 Å². The summed E-state index contributed by atoms with van der Waals surface area (Å²) in [6.45, 7) is 4.18. The number of ether oxygens (including phenoxy) is 1. The molecule has 0 aliphatic carbocycles. The van der Waals surface area contributed by atoms with Crippen LogP contribution in [0.4, 0.5) is 0 Å². The normalized spacial score (nSPS) is 17.1. The fraction of sp³-hybridized carbons (Fsp3) is 0.333. The molecule has 21 heavy (non-hydrogen) atoms. The summed E-state index contributed by atoms with van der Waals surface area (Å²) in [7, 11) is 0. The Labute approximate surface area is 130 Å². The molecular weight excluding hydrogens is 280 g/mol. The molecule has 2 aromatic rings. The van der Waals surface area contributed by atoms with Gasteiger partial charge in [-0.2, -0.15) is 0 Å². The first-order chi connectivity index (χ1) is 9.98. The van der Waals surface area contributed by atoms with E-state index in [1.165, 1.54) is 10.5 Å². The van der Waals surface area contributed by atoms with Crippen molar-refractivity contribution in [2.24, 2.45) is 0 Å². The van der Waals surface area contributed by atoms with Crippen LogP contribution in [0.3, 0.4) is 0 Å². The molecule has 1 heterocycles. The van der Waals surface area contributed by atoms with Gasteiger partial charge in [0.2, 0.25) is 0 Å². The highest BCUT2D eigenvalue weighted by atomic mass is 32.2. The van der Waals surface area contributed by atoms with E-state index in [0.717, 1.165) is 23.3 Å². The topological polar surface area (TPSA) is 29.5 Å². The second-order valence-corrected chi connectivity index (χ2v) is 6.96. The predicted molar refractivity (Wildman–Crippen MR) is 87.1 cm³/mol. The lowest BCUT2D eigenvalue weighted by molar-refractivity contribution is 0.138. The van der Waals surface area contributed by atoms with E-state index in [1.807, 2.05) is 42.7 Å². The summed E-state index contributed by atoms with van der Waals surface area (Å²) < 4.78 is 5.88. The van der Waals surface area contributed by atoms with Crippen LogP contribution in [0.2, 0.25) is 0 Å². The highest BCUT2D eigenvalue weighted by Crippen LogP contribution is 2.37. The average Bonchev–Trinajstić information content (AvgIpc) is 2.79. The molecule has 3 heteroatoms. The summed E-state index contributed by atoms with van der Waals surface area (Å²) in [6, 6.07) is 14.1. The van der Waals surface area contributed by atoms with Crippen molar-refractivity contribution in [2.45, 2.75) is 36.9 Å². The molecule has 0 fully saturated rings. The number of aliphatic hydroxyl groups is 1. The van der Waals surface area contributed by atoms with Crippen molar-refractivity contribution in [1.29, 1.82) is 0 Å². The molecule has 0 aromatic heterocycles. The Bertz CT molecular complexity index is 647. The molecule has 1 unspecified atom stereocenters. The van der Waals surface area contributed by atoms with Crippen LogP contribution in [-0.4, -0.2) is 17.0 Å². The minimum Gasteiger partial charge on any atom is -0.487 e. The number of rotatable bonds is 3. The van der Waals surface area contributed by atoms with Crippen LogP contribution in [0.5, 0.6) is 5.75 Å². The van der Waals surface area contributed by atoms with Gasteiger partial charge in [-0.3, -0.25) is 0 Å². The maximum atomic E-state index is 10.6. The Morgan fingerprint density at radius 2 is 1.76 bits per heavy atom. The Kier molecular flexibility index (Phi) is 3.72. The van der Waals surface area contributed by atoms with E-state index in [-0.39, 0.29) is 5.60 Å². The second-order valence-electron chi connectivity index (χ2n) is 6.08. The summed E-state index contributed by atoms with van der Waals surface area (Å²) in [5, 5.41) is 10.6. The molecule has 2 nitrogen and oxygen atoms in total. The zero-order valence-electron chi connectivity index (χ0n) is 12.6. The second kappa shape index (κ2) is 5.39. The number of hydrogen-bond acceptors (Lipinski definition) is 3. The van der Waals surface area contributed by atoms with E-state index in [1.54, 1.807) is 11.8 Å². The lowest BCUT2D eigenvalue weighted by Gasteiger charge is -2.16. The van der Waals surface area contributed by atoms with Crippen molar-refractivity contribution in [2.75, 3.05) is 6.26 Å². The molecule has 2 aromatic carbocycles. The zero-order valence-corrected chi connectivity index (χ0v) is 13.4. The molecule has 0 saturated heterocycles. The molecule has 110 valence electrons. The largest absolute Gasteiger partial charge is 0.487 e. The van der Waals surface area contributed by atoms with Crippen LogP contribution < -0.4 is 4.74 Å². The fourth-order valence-electron chi connectivity index (χ4n) is 2.78. The van der Waals surface area contributed by atoms with Crippen molar-refractivity contribution in [1.82, 2.24) is 0 Å². The van der Waals surface area contributed by atoms with Crippen LogP contribution in [-0.2, 0) is 6.42 Å². The smallest absolute Gasteiger partial charge is 0.123 e. The zero-order chi connectivity index (χ0) is 15.0. The molecule has 0 bridgehead atoms. The van der Waals surface area contributed by atoms with Gasteiger partial charge in [0.15, 0.2) is 0 Å². The monoisotopic (exact) mass is 300 g/mol. The van der Waals surface area contributed by atoms with E-state index in [4.69, 9.17) is 4.74 Å². The third kappa shape index (κ3) is 2.94. The van der Waals surface area contributed by atoms with Gasteiger partial charge in [-0.25, -0.2) is 0 Å². The first-order valence-electron chi connectivity index (χ1n) is 7.12. The van der Waals surface area contributed by atoms with Gasteiger partial charge in [0.05, 0.1) is 0 Å². The lowest BCUT2D eigenvalue weighted by Crippen LogP contribution is -2.24. The molecule has 1 aliphatic heterocycles. The third-order valence-electron chi connectivity index (χ3n) is 3.83. The summed E-state index contributed by atoms with van der Waals surface area (Å²) in [6.07, 6.45) is 2.34. The van der Waals surface area contributed by atoms with E-state index in [2.05, 4.69) is 19.9 Å². The van der Waals surface area contributed by atoms with Gasteiger partial charge >= 0.3 is 0 Å². The Hall–Kier alpha value is -1.45. The Morgan fingerprint density at radius 3 is 2.43 bits per heavy atom. The minimum absolute atomic E-state index is 0.147. The van der Waals surface area contributed by atoms with Crippen LogP contribution in [0.15, 0.2) is 47.4 Å². The van der Waals surface area contributed by atoms with Crippen molar-refractivity contribution in [3.05, 3.63) is 59.2 Å². The van der Waals surface area contributed by atoms with Crippen molar-refractivity contribution in [3.63, 3.8) is 0 Å². The predicted octanol–water partition coefficient (Wildman–Crippen LogP) is 4.20. The van der Waals surface area contributed by atoms with E-state index >= 15 is 0 Å². The van der Waals surface area contributed by atoms with Crippen molar-refractivity contribution < 1.29 is 9.84 Å². The van der Waals surface area contributed by atoms with Gasteiger partial charge in [0.25, 0.3) is 0 Å². The molecule has 0 amide bonds. The number of thioether (sulfide) groups is 1. The molecular formula is C18H20O2S. The lowest BCUT2D eigenvalue weighted by atomic mass is 9.96. The van der Waals surface area contributed by atoms with Crippen LogP contribution in [0.25, 0.3) is 0 Å². The van der Waals surface area contributed by atoms with Gasteiger partial charge < -0.3 is 9.84 Å². The number of benzene rings is 2. The molecule has 0 spiro atoms. The molecule has 1 atom stereocenters. The van der Waals surface area contributed by atoms with Crippen LogP contribution >= 0.6 is 11.8 Å². The number of fused-ring (bicyclic) bond motifs is 1. The Morgan fingerprint density at radius 1 is 1.10 bits per heavy atom. The summed E-state index contributed by atoms with van der Waals surface area (Å²) in [4.78, 5) is 1.20. The van der Waals surface area contributed by atoms with Gasteiger partial charge in [-0.15, -0.1) is 11.8 Å². The van der Waals surface area contributed by atoms with Gasteiger partial charge in [0, 0.05) is 11.3 Å². The molecule has 1 aliphatic rings. The first kappa shape index (κ1) is 14.5. The molecule has 0 radical (unpaired) electrons. The van der Waals surface area contributed by atoms with Crippen LogP contribution in [0.1, 0.15) is 36.6 Å². The number of aliphatic hydroxyl groups excluding tert-OH is 1. The molecule has 0 saturated carbocycles. The SMILES string of the molecule is CSc1ccc(C(O)c2ccc3c(c2)CC(C)(C)O3)cc1. The quantitative estimate of drug-likeness (QED) is 0.861. The van der Waals surface area contributed by atoms with E-state index in [0.29, 0.717) is 0 Å². The molecule has 1 N–H and O–H groups in total. The first-order valence-corrected chi connectivity index (χ1v) is 8.35. The fourth-order valence-corrected chi connectivity index (χ4v) is 3.19. The summed E-state index contributed by atoms with van der Waals surface area (Å²) >= 11 is 1.70. The third-order valence-corrected chi connectivity index (χ3v) is 4.58. The van der Waals surface area contributed by atoms with Gasteiger partial charge in [-0.1, -0.05) is 18.2 Å². The van der Waals surface area contributed by atoms with Gasteiger partial charge in [-0.05, 0) is 61.1 Å². The maximum absolute atomic E-state index is 10.6. The maximum Gasteiger partial charge on any atom is 0.123 e. The Balaban J connectivity index is 1.87. The van der Waals surface area contributed by atoms with E-state index < -0.39 is 6.10 Å². The highest BCUT2D eigenvalue weighted by Gasteiger charge is 2.30. The standard InChI is InChI=1S/C18H20O2S/c1-18(2)11-14-10-13(6-9-16(14)20-18)17(19)12-4-7-15(21-3)8-5-12/h4-10,17,19H,11H2,1-3H3.